The van der Waals surface area contributed by atoms with Crippen LogP contribution in [0.1, 0.15) is 48.5 Å². The normalized spacial score (nSPS) is 23.1. The molecule has 0 radical (unpaired) electrons. The van der Waals surface area contributed by atoms with Crippen LogP contribution in [0.25, 0.3) is 0 Å². The van der Waals surface area contributed by atoms with Crippen molar-refractivity contribution < 1.29 is 9.90 Å². The van der Waals surface area contributed by atoms with Crippen LogP contribution in [0, 0.1) is 12.8 Å². The first kappa shape index (κ1) is 13.8. The lowest BCUT2D eigenvalue weighted by Gasteiger charge is -2.37. The molecule has 1 aromatic rings. The molecular formula is C15H22N2O2. The number of hydrogen-bond acceptors (Lipinski definition) is 3. The van der Waals surface area contributed by atoms with Gasteiger partial charge in [0.1, 0.15) is 11.4 Å². The highest BCUT2D eigenvalue weighted by molar-refractivity contribution is 5.95. The van der Waals surface area contributed by atoms with Crippen LogP contribution in [0.4, 0.5) is 5.82 Å². The number of nitrogens with zero attached hydrogens (tertiary/aromatic N) is 2. The van der Waals surface area contributed by atoms with Crippen LogP contribution in [0.3, 0.4) is 0 Å². The number of aromatic carboxylic acids is 1. The van der Waals surface area contributed by atoms with Gasteiger partial charge in [-0.3, -0.25) is 0 Å². The molecule has 0 aliphatic heterocycles. The van der Waals surface area contributed by atoms with Gasteiger partial charge in [0.05, 0.1) is 0 Å². The highest BCUT2D eigenvalue weighted by atomic mass is 16.4. The molecule has 1 fully saturated rings. The summed E-state index contributed by atoms with van der Waals surface area (Å²) in [5.41, 5.74) is 1.11. The first-order valence-corrected chi connectivity index (χ1v) is 6.94. The van der Waals surface area contributed by atoms with Gasteiger partial charge in [0, 0.05) is 19.3 Å². The minimum atomic E-state index is -0.893. The molecule has 2 rings (SSSR count). The van der Waals surface area contributed by atoms with Gasteiger partial charge in [-0.1, -0.05) is 19.8 Å². The number of carbonyl (C=O) groups is 1. The standard InChI is InChI=1S/C15H22N2O2/c1-10-6-4-5-7-12(10)17(3)14-13(15(18)19)11(2)8-9-16-14/h8-10,12H,4-7H2,1-3H3,(H,18,19). The number of aromatic nitrogens is 1. The second-order valence-corrected chi connectivity index (χ2v) is 5.57. The van der Waals surface area contributed by atoms with E-state index in [0.717, 1.165) is 12.0 Å². The zero-order valence-electron chi connectivity index (χ0n) is 11.9. The van der Waals surface area contributed by atoms with Crippen molar-refractivity contribution in [2.75, 3.05) is 11.9 Å². The van der Waals surface area contributed by atoms with E-state index in [4.69, 9.17) is 0 Å². The van der Waals surface area contributed by atoms with Crippen LogP contribution in [0.2, 0.25) is 0 Å². The van der Waals surface area contributed by atoms with E-state index in [9.17, 15) is 9.90 Å². The predicted molar refractivity (Wildman–Crippen MR) is 75.8 cm³/mol. The summed E-state index contributed by atoms with van der Waals surface area (Å²) in [6.45, 7) is 4.07. The summed E-state index contributed by atoms with van der Waals surface area (Å²) < 4.78 is 0. The molecule has 1 aliphatic carbocycles. The number of rotatable bonds is 3. The molecule has 0 aromatic carbocycles. The third kappa shape index (κ3) is 2.72. The molecule has 4 heteroatoms. The third-order valence-electron chi connectivity index (χ3n) is 4.25. The SMILES string of the molecule is Cc1ccnc(N(C)C2CCCCC2C)c1C(=O)O. The van der Waals surface area contributed by atoms with Crippen molar-refractivity contribution in [3.05, 3.63) is 23.4 Å². The molecule has 2 atom stereocenters. The summed E-state index contributed by atoms with van der Waals surface area (Å²) in [4.78, 5) is 17.8. The topological polar surface area (TPSA) is 53.4 Å². The van der Waals surface area contributed by atoms with Crippen LogP contribution in [-0.4, -0.2) is 29.1 Å². The fourth-order valence-electron chi connectivity index (χ4n) is 3.10. The van der Waals surface area contributed by atoms with Crippen LogP contribution >= 0.6 is 0 Å². The monoisotopic (exact) mass is 262 g/mol. The first-order chi connectivity index (χ1) is 9.02. The lowest BCUT2D eigenvalue weighted by Crippen LogP contribution is -2.40. The number of carboxylic acids is 1. The fraction of sp³-hybridized carbons (Fsp3) is 0.600. The van der Waals surface area contributed by atoms with Crippen molar-refractivity contribution in [1.82, 2.24) is 4.98 Å². The van der Waals surface area contributed by atoms with Gasteiger partial charge in [0.25, 0.3) is 0 Å². The van der Waals surface area contributed by atoms with Gasteiger partial charge in [0.2, 0.25) is 0 Å². The van der Waals surface area contributed by atoms with E-state index in [2.05, 4.69) is 16.8 Å². The smallest absolute Gasteiger partial charge is 0.339 e. The Labute approximate surface area is 114 Å². The average molecular weight is 262 g/mol. The van der Waals surface area contributed by atoms with Gasteiger partial charge >= 0.3 is 5.97 Å². The Balaban J connectivity index is 2.35. The molecule has 4 nitrogen and oxygen atoms in total. The average Bonchev–Trinajstić information content (AvgIpc) is 2.37. The highest BCUT2D eigenvalue weighted by Crippen LogP contribution is 2.31. The predicted octanol–water partition coefficient (Wildman–Crippen LogP) is 3.10. The van der Waals surface area contributed by atoms with Gasteiger partial charge in [0.15, 0.2) is 0 Å². The van der Waals surface area contributed by atoms with Gasteiger partial charge in [-0.05, 0) is 37.3 Å². The number of hydrogen-bond donors (Lipinski definition) is 1. The Hall–Kier alpha value is -1.58. The van der Waals surface area contributed by atoms with E-state index in [0.29, 0.717) is 23.3 Å². The van der Waals surface area contributed by atoms with Crippen molar-refractivity contribution in [2.45, 2.75) is 45.6 Å². The van der Waals surface area contributed by atoms with E-state index in [1.165, 1.54) is 19.3 Å². The quantitative estimate of drug-likeness (QED) is 0.909. The number of carboxylic acid groups (broad SMARTS) is 1. The van der Waals surface area contributed by atoms with E-state index < -0.39 is 5.97 Å². The number of pyridine rings is 1. The van der Waals surface area contributed by atoms with Crippen LogP contribution in [0.5, 0.6) is 0 Å². The second-order valence-electron chi connectivity index (χ2n) is 5.57. The Kier molecular flexibility index (Phi) is 4.08. The molecule has 0 amide bonds. The van der Waals surface area contributed by atoms with E-state index >= 15 is 0 Å². The van der Waals surface area contributed by atoms with Crippen LogP contribution in [-0.2, 0) is 0 Å². The zero-order chi connectivity index (χ0) is 14.0. The molecule has 1 N–H and O–H groups in total. The summed E-state index contributed by atoms with van der Waals surface area (Å²) in [6.07, 6.45) is 6.52. The van der Waals surface area contributed by atoms with Crippen molar-refractivity contribution in [3.63, 3.8) is 0 Å². The minimum absolute atomic E-state index is 0.336. The first-order valence-electron chi connectivity index (χ1n) is 6.94. The van der Waals surface area contributed by atoms with E-state index in [1.54, 1.807) is 12.3 Å². The largest absolute Gasteiger partial charge is 0.478 e. The summed E-state index contributed by atoms with van der Waals surface area (Å²) in [7, 11) is 1.97. The summed E-state index contributed by atoms with van der Waals surface area (Å²) in [6, 6.07) is 2.15. The Morgan fingerprint density at radius 2 is 2.11 bits per heavy atom. The molecule has 19 heavy (non-hydrogen) atoms. The molecule has 1 heterocycles. The lowest BCUT2D eigenvalue weighted by atomic mass is 9.85. The van der Waals surface area contributed by atoms with Gasteiger partial charge in [-0.25, -0.2) is 9.78 Å². The maximum absolute atomic E-state index is 11.4. The van der Waals surface area contributed by atoms with Crippen LogP contribution in [0.15, 0.2) is 12.3 Å². The zero-order valence-corrected chi connectivity index (χ0v) is 11.9. The third-order valence-corrected chi connectivity index (χ3v) is 4.25. The number of aryl methyl sites for hydroxylation is 1. The fourth-order valence-corrected chi connectivity index (χ4v) is 3.10. The molecule has 2 unspecified atom stereocenters. The maximum Gasteiger partial charge on any atom is 0.339 e. The minimum Gasteiger partial charge on any atom is -0.478 e. The van der Waals surface area contributed by atoms with Crippen molar-refractivity contribution in [1.29, 1.82) is 0 Å². The summed E-state index contributed by atoms with van der Waals surface area (Å²) >= 11 is 0. The van der Waals surface area contributed by atoms with Gasteiger partial charge in [-0.2, -0.15) is 0 Å². The molecule has 0 saturated heterocycles. The molecule has 0 bridgehead atoms. The molecule has 104 valence electrons. The molecule has 1 aliphatic rings. The molecular weight excluding hydrogens is 240 g/mol. The maximum atomic E-state index is 11.4. The van der Waals surface area contributed by atoms with E-state index in [1.807, 2.05) is 14.0 Å². The van der Waals surface area contributed by atoms with Crippen molar-refractivity contribution in [3.8, 4) is 0 Å². The van der Waals surface area contributed by atoms with Crippen molar-refractivity contribution in [2.24, 2.45) is 5.92 Å². The van der Waals surface area contributed by atoms with Crippen molar-refractivity contribution >= 4 is 11.8 Å². The van der Waals surface area contributed by atoms with Gasteiger partial charge < -0.3 is 10.0 Å². The Bertz CT molecular complexity index is 473. The summed E-state index contributed by atoms with van der Waals surface area (Å²) in [5, 5.41) is 9.39. The van der Waals surface area contributed by atoms with E-state index in [-0.39, 0.29) is 0 Å². The second kappa shape index (κ2) is 5.59. The molecule has 1 aromatic heterocycles. The molecule has 0 spiro atoms. The Morgan fingerprint density at radius 1 is 1.42 bits per heavy atom. The van der Waals surface area contributed by atoms with Gasteiger partial charge in [-0.15, -0.1) is 0 Å². The summed E-state index contributed by atoms with van der Waals surface area (Å²) in [5.74, 6) is 0.296. The Morgan fingerprint density at radius 3 is 2.74 bits per heavy atom. The number of anilines is 1. The molecule has 1 saturated carbocycles. The lowest BCUT2D eigenvalue weighted by molar-refractivity contribution is 0.0696. The van der Waals surface area contributed by atoms with Crippen LogP contribution < -0.4 is 4.90 Å². The highest BCUT2D eigenvalue weighted by Gasteiger charge is 2.28.